The number of likely N-dealkylation sites (tertiary alicyclic amines) is 2. The summed E-state index contributed by atoms with van der Waals surface area (Å²) in [5, 5.41) is 4.39. The van der Waals surface area contributed by atoms with E-state index in [9.17, 15) is 9.59 Å². The molecule has 0 bridgehead atoms. The lowest BCUT2D eigenvalue weighted by molar-refractivity contribution is -0.128. The number of nitrogens with zero attached hydrogens (tertiary/aromatic N) is 5. The molecule has 2 amide bonds. The van der Waals surface area contributed by atoms with Crippen LogP contribution in [0.5, 0.6) is 5.88 Å². The summed E-state index contributed by atoms with van der Waals surface area (Å²) in [6, 6.07) is 3.85. The normalized spacial score (nSPS) is 19.6. The van der Waals surface area contributed by atoms with Crippen LogP contribution in [0.25, 0.3) is 0 Å². The highest BCUT2D eigenvalue weighted by molar-refractivity contribution is 5.95. The molecule has 8 nitrogen and oxygen atoms in total. The van der Waals surface area contributed by atoms with Gasteiger partial charge in [0.05, 0.1) is 17.9 Å². The summed E-state index contributed by atoms with van der Waals surface area (Å²) < 4.78 is 7.63. The Bertz CT molecular complexity index is 964. The average molecular weight is 440 g/mol. The van der Waals surface area contributed by atoms with Crippen LogP contribution in [-0.2, 0) is 11.3 Å². The molecule has 4 rings (SSSR count). The van der Waals surface area contributed by atoms with Crippen LogP contribution in [0.15, 0.2) is 24.5 Å². The number of amides is 2. The number of hydrogen-bond acceptors (Lipinski definition) is 5. The van der Waals surface area contributed by atoms with E-state index in [1.807, 2.05) is 53.6 Å². The van der Waals surface area contributed by atoms with Crippen molar-refractivity contribution in [2.75, 3.05) is 32.8 Å². The Morgan fingerprint density at radius 2 is 2.00 bits per heavy atom. The van der Waals surface area contributed by atoms with E-state index in [4.69, 9.17) is 4.74 Å². The number of carbonyl (C=O) groups is 2. The fraction of sp³-hybridized carbons (Fsp3) is 0.583. The summed E-state index contributed by atoms with van der Waals surface area (Å²) in [5.41, 5.74) is 2.60. The smallest absolute Gasteiger partial charge is 0.257 e. The highest BCUT2D eigenvalue weighted by Gasteiger charge is 2.33. The summed E-state index contributed by atoms with van der Waals surface area (Å²) in [6.45, 7) is 10.1. The Morgan fingerprint density at radius 3 is 2.69 bits per heavy atom. The lowest BCUT2D eigenvalue weighted by Gasteiger charge is -2.34. The van der Waals surface area contributed by atoms with Crippen LogP contribution in [0.4, 0.5) is 0 Å². The summed E-state index contributed by atoms with van der Waals surface area (Å²) in [4.78, 5) is 33.6. The number of aryl methyl sites for hydroxylation is 3. The first kappa shape index (κ1) is 22.3. The van der Waals surface area contributed by atoms with E-state index >= 15 is 0 Å². The number of rotatable bonds is 7. The second kappa shape index (κ2) is 9.71. The molecule has 0 radical (unpaired) electrons. The van der Waals surface area contributed by atoms with Crippen molar-refractivity contribution in [3.63, 3.8) is 0 Å². The minimum Gasteiger partial charge on any atom is -0.477 e. The van der Waals surface area contributed by atoms with Crippen molar-refractivity contribution in [3.05, 3.63) is 41.3 Å². The summed E-state index contributed by atoms with van der Waals surface area (Å²) >= 11 is 0. The van der Waals surface area contributed by atoms with Gasteiger partial charge < -0.3 is 14.5 Å². The maximum Gasteiger partial charge on any atom is 0.257 e. The Balaban J connectivity index is 1.23. The first-order chi connectivity index (χ1) is 15.4. The SMILES string of the molecule is CCn1cc(C(=O)N2CCC(CN3CC(COc4cc(C)ccn4)CC3=O)CC2)c(C)n1. The van der Waals surface area contributed by atoms with Gasteiger partial charge in [0.15, 0.2) is 0 Å². The fourth-order valence-electron chi connectivity index (χ4n) is 4.62. The minimum absolute atomic E-state index is 0.0693. The van der Waals surface area contributed by atoms with E-state index < -0.39 is 0 Å². The fourth-order valence-corrected chi connectivity index (χ4v) is 4.62. The standard InChI is InChI=1S/C24H33N5O3/c1-4-29-15-21(18(3)26-29)24(31)27-9-6-19(7-10-27)13-28-14-20(12-23(28)30)16-32-22-11-17(2)5-8-25-22/h5,8,11,15,19-20H,4,6-7,9-10,12-14,16H2,1-3H3. The molecule has 1 unspecified atom stereocenters. The summed E-state index contributed by atoms with van der Waals surface area (Å²) in [6.07, 6.45) is 5.96. The highest BCUT2D eigenvalue weighted by Crippen LogP contribution is 2.25. The lowest BCUT2D eigenvalue weighted by Crippen LogP contribution is -2.42. The van der Waals surface area contributed by atoms with Crippen LogP contribution < -0.4 is 4.74 Å². The third-order valence-corrected chi connectivity index (χ3v) is 6.53. The van der Waals surface area contributed by atoms with E-state index in [1.165, 1.54) is 0 Å². The maximum absolute atomic E-state index is 12.9. The molecule has 0 saturated carbocycles. The van der Waals surface area contributed by atoms with Crippen LogP contribution >= 0.6 is 0 Å². The lowest BCUT2D eigenvalue weighted by atomic mass is 9.95. The van der Waals surface area contributed by atoms with Gasteiger partial charge in [-0.25, -0.2) is 4.98 Å². The molecular weight excluding hydrogens is 406 g/mol. The van der Waals surface area contributed by atoms with Crippen molar-refractivity contribution in [2.24, 2.45) is 11.8 Å². The van der Waals surface area contributed by atoms with Gasteiger partial charge in [-0.3, -0.25) is 14.3 Å². The van der Waals surface area contributed by atoms with Gasteiger partial charge in [-0.2, -0.15) is 5.10 Å². The zero-order valence-corrected chi connectivity index (χ0v) is 19.3. The largest absolute Gasteiger partial charge is 0.477 e. The van der Waals surface area contributed by atoms with Gasteiger partial charge in [0.2, 0.25) is 11.8 Å². The molecule has 2 aliphatic rings. The van der Waals surface area contributed by atoms with Crippen molar-refractivity contribution < 1.29 is 14.3 Å². The zero-order chi connectivity index (χ0) is 22.7. The first-order valence-electron chi connectivity index (χ1n) is 11.6. The van der Waals surface area contributed by atoms with Crippen LogP contribution in [0.3, 0.4) is 0 Å². The second-order valence-corrected chi connectivity index (χ2v) is 9.07. The Kier molecular flexibility index (Phi) is 6.77. The van der Waals surface area contributed by atoms with Crippen LogP contribution in [-0.4, -0.2) is 69.2 Å². The number of carbonyl (C=O) groups excluding carboxylic acids is 2. The third-order valence-electron chi connectivity index (χ3n) is 6.53. The summed E-state index contributed by atoms with van der Waals surface area (Å²) in [5.74, 6) is 1.52. The second-order valence-electron chi connectivity index (χ2n) is 9.07. The molecule has 0 spiro atoms. The molecule has 0 aliphatic carbocycles. The van der Waals surface area contributed by atoms with E-state index in [2.05, 4.69) is 10.1 Å². The molecule has 2 aliphatic heterocycles. The molecule has 172 valence electrons. The topological polar surface area (TPSA) is 80.6 Å². The molecule has 4 heterocycles. The minimum atomic E-state index is 0.0693. The van der Waals surface area contributed by atoms with Crippen molar-refractivity contribution in [1.82, 2.24) is 24.6 Å². The van der Waals surface area contributed by atoms with Gasteiger partial charge in [0, 0.05) is 63.5 Å². The monoisotopic (exact) mass is 439 g/mol. The predicted molar refractivity (Wildman–Crippen MR) is 120 cm³/mol. The number of hydrogen-bond donors (Lipinski definition) is 0. The molecule has 2 aromatic rings. The first-order valence-corrected chi connectivity index (χ1v) is 11.6. The Labute approximate surface area is 189 Å². The van der Waals surface area contributed by atoms with Gasteiger partial charge in [0.25, 0.3) is 5.91 Å². The van der Waals surface area contributed by atoms with Crippen LogP contribution in [0, 0.1) is 25.7 Å². The Morgan fingerprint density at radius 1 is 1.22 bits per heavy atom. The van der Waals surface area contributed by atoms with E-state index in [0.717, 1.165) is 56.8 Å². The number of pyridine rings is 1. The Hall–Kier alpha value is -2.90. The van der Waals surface area contributed by atoms with Crippen molar-refractivity contribution in [1.29, 1.82) is 0 Å². The maximum atomic E-state index is 12.9. The van der Waals surface area contributed by atoms with Gasteiger partial charge in [-0.1, -0.05) is 0 Å². The third kappa shape index (κ3) is 5.11. The molecule has 2 aromatic heterocycles. The number of piperidine rings is 1. The van der Waals surface area contributed by atoms with Crippen LogP contribution in [0.2, 0.25) is 0 Å². The van der Waals surface area contributed by atoms with Crippen molar-refractivity contribution in [2.45, 2.75) is 46.6 Å². The van der Waals surface area contributed by atoms with Gasteiger partial charge in [-0.15, -0.1) is 0 Å². The molecule has 2 saturated heterocycles. The quantitative estimate of drug-likeness (QED) is 0.663. The molecule has 1 atom stereocenters. The molecule has 32 heavy (non-hydrogen) atoms. The molecule has 0 N–H and O–H groups in total. The van der Waals surface area contributed by atoms with Crippen molar-refractivity contribution in [3.8, 4) is 5.88 Å². The van der Waals surface area contributed by atoms with Gasteiger partial charge in [-0.05, 0) is 51.2 Å². The molecule has 0 aromatic carbocycles. The summed E-state index contributed by atoms with van der Waals surface area (Å²) in [7, 11) is 0. The molecule has 2 fully saturated rings. The van der Waals surface area contributed by atoms with Crippen LogP contribution in [0.1, 0.15) is 47.8 Å². The zero-order valence-electron chi connectivity index (χ0n) is 19.3. The van der Waals surface area contributed by atoms with E-state index in [-0.39, 0.29) is 17.7 Å². The number of ether oxygens (including phenoxy) is 1. The highest BCUT2D eigenvalue weighted by atomic mass is 16.5. The molecule has 8 heteroatoms. The predicted octanol–water partition coefficient (Wildman–Crippen LogP) is 2.69. The van der Waals surface area contributed by atoms with E-state index in [0.29, 0.717) is 30.4 Å². The van der Waals surface area contributed by atoms with Crippen molar-refractivity contribution >= 4 is 11.8 Å². The van der Waals surface area contributed by atoms with Gasteiger partial charge in [0.1, 0.15) is 0 Å². The average Bonchev–Trinajstić information content (AvgIpc) is 3.34. The number of aromatic nitrogens is 3. The van der Waals surface area contributed by atoms with E-state index in [1.54, 1.807) is 6.20 Å². The van der Waals surface area contributed by atoms with Gasteiger partial charge >= 0.3 is 0 Å². The molecular formula is C24H33N5O3.